The van der Waals surface area contributed by atoms with Gasteiger partial charge in [0, 0.05) is 24.8 Å². The van der Waals surface area contributed by atoms with Crippen LogP contribution in [0.2, 0.25) is 0 Å². The summed E-state index contributed by atoms with van der Waals surface area (Å²) in [7, 11) is 2.03. The number of nitrogens with zero attached hydrogens (tertiary/aromatic N) is 2. The summed E-state index contributed by atoms with van der Waals surface area (Å²) >= 11 is 0. The van der Waals surface area contributed by atoms with Crippen molar-refractivity contribution in [1.82, 2.24) is 15.1 Å². The average Bonchev–Trinajstić information content (AvgIpc) is 2.62. The first-order chi connectivity index (χ1) is 8.26. The van der Waals surface area contributed by atoms with Crippen LogP contribution in [0.15, 0.2) is 6.20 Å². The molecule has 0 aliphatic heterocycles. The van der Waals surface area contributed by atoms with Crippen LogP contribution in [0.3, 0.4) is 0 Å². The molecular formula is C14H25N3. The summed E-state index contributed by atoms with van der Waals surface area (Å²) < 4.78 is 1.97. The summed E-state index contributed by atoms with van der Waals surface area (Å²) in [4.78, 5) is 0. The number of hydrogen-bond acceptors (Lipinski definition) is 2. The summed E-state index contributed by atoms with van der Waals surface area (Å²) in [6.07, 6.45) is 8.60. The largest absolute Gasteiger partial charge is 0.310 e. The molecule has 0 spiro atoms. The van der Waals surface area contributed by atoms with Gasteiger partial charge in [-0.25, -0.2) is 0 Å². The van der Waals surface area contributed by atoms with Crippen LogP contribution in [0.25, 0.3) is 0 Å². The zero-order chi connectivity index (χ0) is 12.3. The van der Waals surface area contributed by atoms with Crippen molar-refractivity contribution >= 4 is 0 Å². The highest BCUT2D eigenvalue weighted by atomic mass is 15.3. The molecule has 0 aromatic carbocycles. The van der Waals surface area contributed by atoms with Gasteiger partial charge in [0.1, 0.15) is 0 Å². The Morgan fingerprint density at radius 2 is 2.24 bits per heavy atom. The highest BCUT2D eigenvalue weighted by Crippen LogP contribution is 2.38. The standard InChI is InChI=1S/C14H25N3/c1-4-9-15-14(11-7-6-8-11)12-10-17(3)16-13(12)5-2/h10-11,14-15H,4-9H2,1-3H3. The maximum atomic E-state index is 4.58. The summed E-state index contributed by atoms with van der Waals surface area (Å²) in [6.45, 7) is 5.54. The van der Waals surface area contributed by atoms with Crippen molar-refractivity contribution in [1.29, 1.82) is 0 Å². The second-order valence-corrected chi connectivity index (χ2v) is 5.18. The molecule has 1 N–H and O–H groups in total. The molecule has 1 aliphatic carbocycles. The Hall–Kier alpha value is -0.830. The number of hydrogen-bond donors (Lipinski definition) is 1. The van der Waals surface area contributed by atoms with E-state index in [1.807, 2.05) is 11.7 Å². The number of aryl methyl sites for hydroxylation is 2. The van der Waals surface area contributed by atoms with E-state index in [0.717, 1.165) is 18.9 Å². The molecule has 17 heavy (non-hydrogen) atoms. The van der Waals surface area contributed by atoms with Crippen molar-refractivity contribution in [3.63, 3.8) is 0 Å². The molecule has 0 amide bonds. The molecular weight excluding hydrogens is 210 g/mol. The van der Waals surface area contributed by atoms with E-state index in [1.54, 1.807) is 0 Å². The van der Waals surface area contributed by atoms with Gasteiger partial charge in [0.25, 0.3) is 0 Å². The predicted molar refractivity (Wildman–Crippen MR) is 71.0 cm³/mol. The van der Waals surface area contributed by atoms with Crippen LogP contribution in [0.4, 0.5) is 0 Å². The molecule has 1 aromatic rings. The van der Waals surface area contributed by atoms with Crippen molar-refractivity contribution < 1.29 is 0 Å². The van der Waals surface area contributed by atoms with Gasteiger partial charge in [0.05, 0.1) is 5.69 Å². The third-order valence-corrected chi connectivity index (χ3v) is 3.84. The third-order valence-electron chi connectivity index (χ3n) is 3.84. The zero-order valence-electron chi connectivity index (χ0n) is 11.4. The number of nitrogens with one attached hydrogen (secondary N) is 1. The monoisotopic (exact) mass is 235 g/mol. The van der Waals surface area contributed by atoms with Gasteiger partial charge >= 0.3 is 0 Å². The highest BCUT2D eigenvalue weighted by molar-refractivity contribution is 5.23. The molecule has 1 atom stereocenters. The van der Waals surface area contributed by atoms with Crippen LogP contribution >= 0.6 is 0 Å². The minimum Gasteiger partial charge on any atom is -0.310 e. The summed E-state index contributed by atoms with van der Waals surface area (Å²) in [5.74, 6) is 0.830. The fourth-order valence-corrected chi connectivity index (χ4v) is 2.69. The van der Waals surface area contributed by atoms with Gasteiger partial charge in [-0.2, -0.15) is 5.10 Å². The second kappa shape index (κ2) is 5.67. The first-order valence-electron chi connectivity index (χ1n) is 7.02. The lowest BCUT2D eigenvalue weighted by atomic mass is 9.77. The first kappa shape index (κ1) is 12.6. The Morgan fingerprint density at radius 3 is 2.76 bits per heavy atom. The van der Waals surface area contributed by atoms with Crippen molar-refractivity contribution in [2.24, 2.45) is 13.0 Å². The molecule has 1 saturated carbocycles. The first-order valence-corrected chi connectivity index (χ1v) is 7.02. The van der Waals surface area contributed by atoms with E-state index in [-0.39, 0.29) is 0 Å². The molecule has 3 nitrogen and oxygen atoms in total. The van der Waals surface area contributed by atoms with Crippen LogP contribution in [0, 0.1) is 5.92 Å². The molecule has 0 radical (unpaired) electrons. The van der Waals surface area contributed by atoms with E-state index in [1.165, 1.54) is 36.9 Å². The summed E-state index contributed by atoms with van der Waals surface area (Å²) in [5.41, 5.74) is 2.71. The number of rotatable bonds is 6. The van der Waals surface area contributed by atoms with Gasteiger partial charge in [0.2, 0.25) is 0 Å². The molecule has 1 fully saturated rings. The molecule has 0 bridgehead atoms. The highest BCUT2D eigenvalue weighted by Gasteiger charge is 2.30. The molecule has 2 rings (SSSR count). The van der Waals surface area contributed by atoms with Gasteiger partial charge in [0.15, 0.2) is 0 Å². The van der Waals surface area contributed by atoms with Gasteiger partial charge in [-0.1, -0.05) is 20.3 Å². The quantitative estimate of drug-likeness (QED) is 0.821. The van der Waals surface area contributed by atoms with Crippen molar-refractivity contribution in [2.45, 2.75) is 52.0 Å². The molecule has 3 heteroatoms. The van der Waals surface area contributed by atoms with Gasteiger partial charge in [-0.15, -0.1) is 0 Å². The minimum atomic E-state index is 0.535. The zero-order valence-corrected chi connectivity index (χ0v) is 11.4. The normalized spacial score (nSPS) is 18.1. The van der Waals surface area contributed by atoms with Crippen LogP contribution in [-0.2, 0) is 13.5 Å². The van der Waals surface area contributed by atoms with Gasteiger partial charge in [-0.3, -0.25) is 4.68 Å². The second-order valence-electron chi connectivity index (χ2n) is 5.18. The van der Waals surface area contributed by atoms with Gasteiger partial charge in [-0.05, 0) is 38.1 Å². The van der Waals surface area contributed by atoms with Crippen LogP contribution in [0.1, 0.15) is 56.8 Å². The van der Waals surface area contributed by atoms with E-state index < -0.39 is 0 Å². The maximum absolute atomic E-state index is 4.58. The lowest BCUT2D eigenvalue weighted by Gasteiger charge is -2.34. The van der Waals surface area contributed by atoms with Crippen LogP contribution < -0.4 is 5.32 Å². The van der Waals surface area contributed by atoms with Crippen LogP contribution in [-0.4, -0.2) is 16.3 Å². The SMILES string of the molecule is CCCNC(c1cn(C)nc1CC)C1CCC1. The van der Waals surface area contributed by atoms with E-state index in [9.17, 15) is 0 Å². The lowest BCUT2D eigenvalue weighted by Crippen LogP contribution is -2.33. The molecule has 96 valence electrons. The van der Waals surface area contributed by atoms with E-state index in [2.05, 4.69) is 30.5 Å². The maximum Gasteiger partial charge on any atom is 0.0669 e. The third kappa shape index (κ3) is 2.71. The van der Waals surface area contributed by atoms with Gasteiger partial charge < -0.3 is 5.32 Å². The molecule has 1 aromatic heterocycles. The Kier molecular flexibility index (Phi) is 4.21. The minimum absolute atomic E-state index is 0.535. The average molecular weight is 235 g/mol. The smallest absolute Gasteiger partial charge is 0.0669 e. The molecule has 0 saturated heterocycles. The fourth-order valence-electron chi connectivity index (χ4n) is 2.69. The van der Waals surface area contributed by atoms with Crippen molar-refractivity contribution in [3.8, 4) is 0 Å². The topological polar surface area (TPSA) is 29.9 Å². The Balaban J connectivity index is 2.17. The Morgan fingerprint density at radius 1 is 1.47 bits per heavy atom. The predicted octanol–water partition coefficient (Wildman–Crippen LogP) is 2.82. The Labute approximate surface area is 105 Å². The van der Waals surface area contributed by atoms with Crippen molar-refractivity contribution in [3.05, 3.63) is 17.5 Å². The van der Waals surface area contributed by atoms with Crippen molar-refractivity contribution in [2.75, 3.05) is 6.54 Å². The molecule has 1 heterocycles. The Bertz CT molecular complexity index is 352. The summed E-state index contributed by atoms with van der Waals surface area (Å²) in [5, 5.41) is 8.30. The van der Waals surface area contributed by atoms with E-state index in [4.69, 9.17) is 0 Å². The fraction of sp³-hybridized carbons (Fsp3) is 0.786. The molecule has 1 unspecified atom stereocenters. The van der Waals surface area contributed by atoms with E-state index in [0.29, 0.717) is 6.04 Å². The number of aromatic nitrogens is 2. The lowest BCUT2D eigenvalue weighted by molar-refractivity contribution is 0.230. The molecule has 1 aliphatic rings. The van der Waals surface area contributed by atoms with Crippen LogP contribution in [0.5, 0.6) is 0 Å². The van der Waals surface area contributed by atoms with E-state index >= 15 is 0 Å². The summed E-state index contributed by atoms with van der Waals surface area (Å²) in [6, 6.07) is 0.535.